The monoisotopic (exact) mass is 474 g/mol. The Morgan fingerprint density at radius 1 is 1.03 bits per heavy atom. The zero-order valence-electron chi connectivity index (χ0n) is 19.2. The van der Waals surface area contributed by atoms with Gasteiger partial charge in [-0.1, -0.05) is 19.9 Å². The van der Waals surface area contributed by atoms with E-state index in [2.05, 4.69) is 18.8 Å². The van der Waals surface area contributed by atoms with E-state index in [1.54, 1.807) is 31.4 Å². The van der Waals surface area contributed by atoms with Gasteiger partial charge in [-0.2, -0.15) is 4.31 Å². The topological polar surface area (TPSA) is 68.7 Å². The lowest BCUT2D eigenvalue weighted by Gasteiger charge is -2.23. The number of hydrogen-bond donors (Lipinski definition) is 0. The molecular weight excluding hydrogens is 444 g/mol. The molecule has 0 aliphatic rings. The van der Waals surface area contributed by atoms with Crippen molar-refractivity contribution in [3.8, 4) is 11.5 Å². The molecule has 6 nitrogen and oxygen atoms in total. The smallest absolute Gasteiger partial charge is 0.243 e. The predicted octanol–water partition coefficient (Wildman–Crippen LogP) is 5.19. The van der Waals surface area contributed by atoms with Crippen molar-refractivity contribution in [2.45, 2.75) is 45.7 Å². The number of nitrogens with zero attached hydrogens (tertiary/aromatic N) is 2. The molecule has 2 aromatic carbocycles. The zero-order valence-corrected chi connectivity index (χ0v) is 20.8. The van der Waals surface area contributed by atoms with Crippen LogP contribution in [0.5, 0.6) is 11.5 Å². The third kappa shape index (κ3) is 6.09. The van der Waals surface area contributed by atoms with Gasteiger partial charge in [-0.3, -0.25) is 0 Å². The molecule has 0 aliphatic carbocycles. The lowest BCUT2D eigenvalue weighted by Crippen LogP contribution is -2.34. The Bertz CT molecular complexity index is 1140. The minimum absolute atomic E-state index is 0.175. The molecule has 3 aromatic rings. The van der Waals surface area contributed by atoms with Crippen molar-refractivity contribution in [2.75, 3.05) is 13.7 Å². The number of rotatable bonds is 10. The van der Waals surface area contributed by atoms with Gasteiger partial charge in [0.05, 0.1) is 24.2 Å². The Hall–Kier alpha value is -2.42. The summed E-state index contributed by atoms with van der Waals surface area (Å²) >= 11 is 1.47. The summed E-state index contributed by atoms with van der Waals surface area (Å²) in [6.45, 7) is 9.09. The fraction of sp³-hybridized carbons (Fsp3) is 0.375. The summed E-state index contributed by atoms with van der Waals surface area (Å²) in [4.78, 5) is 4.86. The van der Waals surface area contributed by atoms with Gasteiger partial charge in [0.25, 0.3) is 0 Å². The summed E-state index contributed by atoms with van der Waals surface area (Å²) in [5.41, 5.74) is 3.11. The highest BCUT2D eigenvalue weighted by Gasteiger charge is 2.26. The van der Waals surface area contributed by atoms with Gasteiger partial charge in [-0.25, -0.2) is 13.4 Å². The minimum Gasteiger partial charge on any atom is -0.497 e. The molecular formula is C24H30N2O4S2. The highest BCUT2D eigenvalue weighted by Crippen LogP contribution is 2.24. The van der Waals surface area contributed by atoms with Crippen LogP contribution in [0, 0.1) is 19.8 Å². The Morgan fingerprint density at radius 2 is 1.72 bits per heavy atom. The first-order valence-corrected chi connectivity index (χ1v) is 12.8. The van der Waals surface area contributed by atoms with Gasteiger partial charge in [-0.15, -0.1) is 11.3 Å². The molecule has 1 aromatic heterocycles. The Labute approximate surface area is 194 Å². The highest BCUT2D eigenvalue weighted by molar-refractivity contribution is 7.89. The van der Waals surface area contributed by atoms with E-state index in [9.17, 15) is 8.42 Å². The second kappa shape index (κ2) is 10.5. The number of thiazole rings is 1. The molecule has 0 saturated carbocycles. The van der Waals surface area contributed by atoms with E-state index in [1.807, 2.05) is 37.4 Å². The summed E-state index contributed by atoms with van der Waals surface area (Å²) in [7, 11) is -2.11. The molecule has 0 fully saturated rings. The summed E-state index contributed by atoms with van der Waals surface area (Å²) in [5, 5.41) is 2.71. The molecule has 0 aliphatic heterocycles. The first-order chi connectivity index (χ1) is 15.2. The lowest BCUT2D eigenvalue weighted by molar-refractivity contribution is 0.304. The fourth-order valence-electron chi connectivity index (χ4n) is 3.17. The molecule has 0 atom stereocenters. The van der Waals surface area contributed by atoms with Gasteiger partial charge in [0, 0.05) is 11.9 Å². The van der Waals surface area contributed by atoms with Crippen LogP contribution in [0.2, 0.25) is 0 Å². The van der Waals surface area contributed by atoms with Crippen LogP contribution >= 0.6 is 11.3 Å². The second-order valence-electron chi connectivity index (χ2n) is 8.13. The quantitative estimate of drug-likeness (QED) is 0.404. The Morgan fingerprint density at radius 3 is 2.34 bits per heavy atom. The van der Waals surface area contributed by atoms with E-state index >= 15 is 0 Å². The van der Waals surface area contributed by atoms with E-state index in [0.717, 1.165) is 10.8 Å². The van der Waals surface area contributed by atoms with Crippen LogP contribution in [-0.4, -0.2) is 31.4 Å². The van der Waals surface area contributed by atoms with E-state index in [0.29, 0.717) is 24.6 Å². The molecule has 0 radical (unpaired) electrons. The minimum atomic E-state index is -3.66. The normalized spacial score (nSPS) is 11.8. The van der Waals surface area contributed by atoms with Crippen molar-refractivity contribution in [1.29, 1.82) is 0 Å². The zero-order chi connectivity index (χ0) is 23.3. The molecule has 8 heteroatoms. The van der Waals surface area contributed by atoms with Gasteiger partial charge >= 0.3 is 0 Å². The highest BCUT2D eigenvalue weighted by atomic mass is 32.2. The van der Waals surface area contributed by atoms with Crippen molar-refractivity contribution >= 4 is 21.4 Å². The molecule has 0 amide bonds. The van der Waals surface area contributed by atoms with E-state index < -0.39 is 10.0 Å². The molecule has 32 heavy (non-hydrogen) atoms. The molecule has 0 unspecified atom stereocenters. The van der Waals surface area contributed by atoms with Crippen LogP contribution in [-0.2, 0) is 23.2 Å². The number of aryl methyl sites for hydroxylation is 2. The van der Waals surface area contributed by atoms with Crippen LogP contribution in [0.3, 0.4) is 0 Å². The van der Waals surface area contributed by atoms with Crippen molar-refractivity contribution in [2.24, 2.45) is 5.92 Å². The standard InChI is InChI=1S/C24H30N2O4S2/c1-17(2)13-26(32(27,28)23-10-8-21(29-5)9-11-23)14-20-16-31-24(25-20)15-30-22-7-6-18(3)19(4)12-22/h6-12,16-17H,13-15H2,1-5H3. The number of ether oxygens (including phenoxy) is 2. The van der Waals surface area contributed by atoms with Crippen molar-refractivity contribution in [3.63, 3.8) is 0 Å². The molecule has 3 rings (SSSR count). The predicted molar refractivity (Wildman–Crippen MR) is 128 cm³/mol. The van der Waals surface area contributed by atoms with Crippen LogP contribution in [0.4, 0.5) is 0 Å². The van der Waals surface area contributed by atoms with Gasteiger partial charge in [0.2, 0.25) is 10.0 Å². The molecule has 0 N–H and O–H groups in total. The Balaban J connectivity index is 1.73. The maximum Gasteiger partial charge on any atom is 0.243 e. The number of methoxy groups -OCH3 is 1. The summed E-state index contributed by atoms with van der Waals surface area (Å²) in [6, 6.07) is 12.5. The Kier molecular flexibility index (Phi) is 7.92. The van der Waals surface area contributed by atoms with Gasteiger partial charge < -0.3 is 9.47 Å². The average molecular weight is 475 g/mol. The van der Waals surface area contributed by atoms with E-state index in [1.165, 1.54) is 26.8 Å². The first kappa shape index (κ1) is 24.2. The van der Waals surface area contributed by atoms with E-state index in [-0.39, 0.29) is 17.4 Å². The van der Waals surface area contributed by atoms with Crippen molar-refractivity contribution < 1.29 is 17.9 Å². The largest absolute Gasteiger partial charge is 0.497 e. The SMILES string of the molecule is COc1ccc(S(=O)(=O)N(Cc2csc(COc3ccc(C)c(C)c3)n2)CC(C)C)cc1. The van der Waals surface area contributed by atoms with Crippen LogP contribution in [0.1, 0.15) is 35.7 Å². The van der Waals surface area contributed by atoms with Gasteiger partial charge in [-0.05, 0) is 67.3 Å². The maximum absolute atomic E-state index is 13.3. The van der Waals surface area contributed by atoms with E-state index in [4.69, 9.17) is 9.47 Å². The summed E-state index contributed by atoms with van der Waals surface area (Å²) in [5.74, 6) is 1.59. The van der Waals surface area contributed by atoms with Crippen LogP contribution < -0.4 is 9.47 Å². The molecule has 172 valence electrons. The van der Waals surface area contributed by atoms with Crippen molar-refractivity contribution in [3.05, 3.63) is 69.7 Å². The number of sulfonamides is 1. The number of benzene rings is 2. The average Bonchev–Trinajstić information content (AvgIpc) is 3.21. The molecule has 0 saturated heterocycles. The molecule has 1 heterocycles. The summed E-state index contributed by atoms with van der Waals surface area (Å²) in [6.07, 6.45) is 0. The fourth-order valence-corrected chi connectivity index (χ4v) is 5.44. The second-order valence-corrected chi connectivity index (χ2v) is 11.0. The molecule has 0 spiro atoms. The van der Waals surface area contributed by atoms with Gasteiger partial charge in [0.15, 0.2) is 0 Å². The number of hydrogen-bond acceptors (Lipinski definition) is 6. The van der Waals surface area contributed by atoms with Crippen LogP contribution in [0.25, 0.3) is 0 Å². The van der Waals surface area contributed by atoms with Crippen molar-refractivity contribution in [1.82, 2.24) is 9.29 Å². The van der Waals surface area contributed by atoms with Crippen LogP contribution in [0.15, 0.2) is 52.7 Å². The summed E-state index contributed by atoms with van der Waals surface area (Å²) < 4.78 is 39.1. The maximum atomic E-state index is 13.3. The lowest BCUT2D eigenvalue weighted by atomic mass is 10.1. The first-order valence-electron chi connectivity index (χ1n) is 10.5. The third-order valence-corrected chi connectivity index (χ3v) is 7.74. The van der Waals surface area contributed by atoms with Gasteiger partial charge in [0.1, 0.15) is 23.1 Å². The number of aromatic nitrogens is 1. The molecule has 0 bridgehead atoms. The third-order valence-electron chi connectivity index (χ3n) is 5.04.